The molecule has 1 aliphatic rings. The monoisotopic (exact) mass is 381 g/mol. The third-order valence-corrected chi connectivity index (χ3v) is 4.95. The van der Waals surface area contributed by atoms with Crippen molar-refractivity contribution < 1.29 is 57.5 Å². The summed E-state index contributed by atoms with van der Waals surface area (Å²) in [5, 5.41) is 31.0. The van der Waals surface area contributed by atoms with Gasteiger partial charge in [0.1, 0.15) is 18.3 Å². The normalized spacial score (nSPS) is 34.7. The lowest BCUT2D eigenvalue weighted by atomic mass is 9.97. The van der Waals surface area contributed by atoms with E-state index in [4.69, 9.17) is 14.5 Å². The molecule has 1 aliphatic heterocycles. The number of hydrogen-bond acceptors (Lipinski definition) is 9. The molecule has 1 heterocycles. The fourth-order valence-corrected chi connectivity index (χ4v) is 3.57. The molecule has 1 amide bonds. The number of aliphatic hydroxyl groups is 3. The molecular formula is C8H17NO12P2. The number of rotatable bonds is 6. The lowest BCUT2D eigenvalue weighted by Gasteiger charge is -2.44. The van der Waals surface area contributed by atoms with Crippen LogP contribution in [0.25, 0.3) is 0 Å². The second-order valence-corrected chi connectivity index (χ2v) is 7.42. The molecule has 23 heavy (non-hydrogen) atoms. The predicted octanol–water partition coefficient (Wildman–Crippen LogP) is -2.84. The second-order valence-electron chi connectivity index (χ2n) is 4.67. The molecule has 0 aromatic heterocycles. The highest BCUT2D eigenvalue weighted by Gasteiger charge is 2.55. The van der Waals surface area contributed by atoms with Gasteiger partial charge >= 0.3 is 15.6 Å². The summed E-state index contributed by atoms with van der Waals surface area (Å²) in [7, 11) is -10.9. The Balaban J connectivity index is 3.07. The summed E-state index contributed by atoms with van der Waals surface area (Å²) in [6, 6.07) is 0. The van der Waals surface area contributed by atoms with Crippen LogP contribution in [0.3, 0.4) is 0 Å². The molecule has 1 fully saturated rings. The summed E-state index contributed by atoms with van der Waals surface area (Å²) >= 11 is 0. The first kappa shape index (κ1) is 20.6. The van der Waals surface area contributed by atoms with E-state index in [1.165, 1.54) is 0 Å². The Kier molecular flexibility index (Phi) is 6.47. The highest BCUT2D eigenvalue weighted by Crippen LogP contribution is 2.60. The summed E-state index contributed by atoms with van der Waals surface area (Å²) in [4.78, 5) is 37.5. The van der Waals surface area contributed by atoms with Gasteiger partial charge in [0.2, 0.25) is 11.7 Å². The maximum atomic E-state index is 11.7. The number of hydrogen-bond donors (Lipinski definition) is 7. The van der Waals surface area contributed by atoms with Crippen molar-refractivity contribution in [2.45, 2.75) is 31.0 Å². The molecular weight excluding hydrogens is 364 g/mol. The van der Waals surface area contributed by atoms with Crippen molar-refractivity contribution >= 4 is 21.6 Å². The van der Waals surface area contributed by atoms with E-state index in [-0.39, 0.29) is 0 Å². The van der Waals surface area contributed by atoms with Gasteiger partial charge in [-0.1, -0.05) is 0 Å². The van der Waals surface area contributed by atoms with Gasteiger partial charge in [-0.3, -0.25) is 4.79 Å². The molecule has 136 valence electrons. The highest BCUT2D eigenvalue weighted by molar-refractivity contribution is 7.60. The zero-order valence-electron chi connectivity index (χ0n) is 11.7. The molecule has 0 aromatic rings. The van der Waals surface area contributed by atoms with Gasteiger partial charge < -0.3 is 40.1 Å². The average molecular weight is 381 g/mol. The van der Waals surface area contributed by atoms with Crippen LogP contribution in [0.5, 0.6) is 0 Å². The van der Waals surface area contributed by atoms with Crippen molar-refractivity contribution in [3.8, 4) is 0 Å². The number of amides is 1. The first-order valence-electron chi connectivity index (χ1n) is 6.01. The smallest absolute Gasteiger partial charge is 0.388 e. The highest BCUT2D eigenvalue weighted by atomic mass is 31.3. The van der Waals surface area contributed by atoms with E-state index < -0.39 is 58.8 Å². The first-order valence-corrected chi connectivity index (χ1v) is 9.03. The van der Waals surface area contributed by atoms with E-state index >= 15 is 0 Å². The summed E-state index contributed by atoms with van der Waals surface area (Å²) in [5.74, 6) is -3.27. The maximum absolute atomic E-state index is 11.7. The third kappa shape index (κ3) is 5.85. The van der Waals surface area contributed by atoms with Gasteiger partial charge in [-0.2, -0.15) is 4.31 Å². The van der Waals surface area contributed by atoms with Crippen LogP contribution in [0.15, 0.2) is 0 Å². The molecule has 0 bridgehead atoms. The van der Waals surface area contributed by atoms with Crippen LogP contribution in [-0.4, -0.2) is 73.2 Å². The topological polar surface area (TPSA) is 212 Å². The van der Waals surface area contributed by atoms with E-state index in [1.807, 2.05) is 0 Å². The van der Waals surface area contributed by atoms with Crippen molar-refractivity contribution in [3.63, 3.8) is 0 Å². The standard InChI is InChI=1S/C8H17NO12P2/c1-4(10)9-3-8(7(13)6(12)5(11)2-19-8)20-23(17,18)21-22(14,15)16/h5-7,11-13H,2-3H2,1H3,(H,9,10)(H,17,18)(H2,14,15,16)/t5-,6+,7-,8+/m0/s1. The summed E-state index contributed by atoms with van der Waals surface area (Å²) in [5.41, 5.74) is 0. The van der Waals surface area contributed by atoms with E-state index in [1.54, 1.807) is 0 Å². The second kappa shape index (κ2) is 7.21. The zero-order valence-corrected chi connectivity index (χ0v) is 13.5. The summed E-state index contributed by atoms with van der Waals surface area (Å²) in [6.07, 6.45) is -5.62. The van der Waals surface area contributed by atoms with Gasteiger partial charge in [0.05, 0.1) is 13.2 Å². The van der Waals surface area contributed by atoms with Crippen LogP contribution >= 0.6 is 15.6 Å². The number of carbonyl (C=O) groups excluding carboxylic acids is 1. The van der Waals surface area contributed by atoms with Crippen molar-refractivity contribution in [1.82, 2.24) is 5.32 Å². The van der Waals surface area contributed by atoms with Crippen LogP contribution < -0.4 is 5.32 Å². The maximum Gasteiger partial charge on any atom is 0.483 e. The molecule has 0 aliphatic carbocycles. The van der Waals surface area contributed by atoms with E-state index in [0.29, 0.717) is 0 Å². The lowest BCUT2D eigenvalue weighted by molar-refractivity contribution is -0.308. The minimum absolute atomic E-state index is 0.673. The summed E-state index contributed by atoms with van der Waals surface area (Å²) in [6.45, 7) is -0.408. The molecule has 7 N–H and O–H groups in total. The molecule has 1 unspecified atom stereocenters. The number of ether oxygens (including phenoxy) is 1. The van der Waals surface area contributed by atoms with E-state index in [9.17, 15) is 34.1 Å². The van der Waals surface area contributed by atoms with E-state index in [0.717, 1.165) is 6.92 Å². The SMILES string of the molecule is CC(=O)NC[C@]1(OP(=O)(O)OP(=O)(O)O)OC[C@H](O)[C@@H](O)[C@@H]1O. The Morgan fingerprint density at radius 3 is 2.35 bits per heavy atom. The molecule has 13 nitrogen and oxygen atoms in total. The first-order chi connectivity index (χ1) is 10.3. The largest absolute Gasteiger partial charge is 0.483 e. The minimum Gasteiger partial charge on any atom is -0.388 e. The summed E-state index contributed by atoms with van der Waals surface area (Å²) < 4.78 is 35.2. The lowest BCUT2D eigenvalue weighted by Crippen LogP contribution is -2.65. The van der Waals surface area contributed by atoms with Gasteiger partial charge in [0.25, 0.3) is 0 Å². The molecule has 15 heteroatoms. The fourth-order valence-electron chi connectivity index (χ4n) is 1.74. The predicted molar refractivity (Wildman–Crippen MR) is 69.4 cm³/mol. The Morgan fingerprint density at radius 2 is 1.87 bits per heavy atom. The van der Waals surface area contributed by atoms with Crippen LogP contribution in [-0.2, 0) is 27.5 Å². The number of phosphoric acid groups is 2. The van der Waals surface area contributed by atoms with Crippen molar-refractivity contribution in [2.24, 2.45) is 0 Å². The average Bonchev–Trinajstić information content (AvgIpc) is 2.35. The number of carbonyl (C=O) groups is 1. The fraction of sp³-hybridized carbons (Fsp3) is 0.875. The quantitative estimate of drug-likeness (QED) is 0.232. The molecule has 0 spiro atoms. The van der Waals surface area contributed by atoms with E-state index in [2.05, 4.69) is 14.2 Å². The number of aliphatic hydroxyl groups excluding tert-OH is 3. The number of nitrogens with one attached hydrogen (secondary N) is 1. The molecule has 0 saturated carbocycles. The zero-order chi connectivity index (χ0) is 18.1. The van der Waals surface area contributed by atoms with Gasteiger partial charge in [0, 0.05) is 6.92 Å². The molecule has 1 saturated heterocycles. The van der Waals surface area contributed by atoms with Gasteiger partial charge in [0.15, 0.2) is 0 Å². The molecule has 1 rings (SSSR count). The minimum atomic E-state index is -5.48. The van der Waals surface area contributed by atoms with Crippen LogP contribution in [0.2, 0.25) is 0 Å². The van der Waals surface area contributed by atoms with Crippen molar-refractivity contribution in [3.05, 3.63) is 0 Å². The molecule has 0 radical (unpaired) electrons. The Morgan fingerprint density at radius 1 is 1.30 bits per heavy atom. The third-order valence-electron chi connectivity index (χ3n) is 2.73. The van der Waals surface area contributed by atoms with Crippen LogP contribution in [0.1, 0.15) is 6.92 Å². The number of phosphoric ester groups is 1. The van der Waals surface area contributed by atoms with Gasteiger partial charge in [-0.25, -0.2) is 13.7 Å². The van der Waals surface area contributed by atoms with Crippen molar-refractivity contribution in [1.29, 1.82) is 0 Å². The molecule has 5 atom stereocenters. The Hall–Kier alpha value is -0.430. The Labute approximate surface area is 129 Å². The van der Waals surface area contributed by atoms with Gasteiger partial charge in [-0.05, 0) is 0 Å². The molecule has 0 aromatic carbocycles. The Bertz CT molecular complexity index is 535. The van der Waals surface area contributed by atoms with Crippen LogP contribution in [0.4, 0.5) is 0 Å². The van der Waals surface area contributed by atoms with Gasteiger partial charge in [-0.15, -0.1) is 0 Å². The van der Waals surface area contributed by atoms with Crippen molar-refractivity contribution in [2.75, 3.05) is 13.2 Å². The van der Waals surface area contributed by atoms with Crippen LogP contribution in [0, 0.1) is 0 Å².